The number of hydrogen-bond acceptors (Lipinski definition) is 4. The molecule has 0 unspecified atom stereocenters. The molecule has 0 spiro atoms. The van der Waals surface area contributed by atoms with E-state index in [0.29, 0.717) is 5.76 Å². The second-order valence-corrected chi connectivity index (χ2v) is 5.54. The molecule has 3 amide bonds. The fourth-order valence-electron chi connectivity index (χ4n) is 2.30. The van der Waals surface area contributed by atoms with E-state index in [4.69, 9.17) is 4.42 Å². The third-order valence-electron chi connectivity index (χ3n) is 3.59. The van der Waals surface area contributed by atoms with Crippen molar-refractivity contribution in [3.8, 4) is 0 Å². The Labute approximate surface area is 134 Å². The first kappa shape index (κ1) is 15.3. The molecule has 6 nitrogen and oxygen atoms in total. The van der Waals surface area contributed by atoms with Gasteiger partial charge in [-0.2, -0.15) is 0 Å². The molecule has 1 aromatic heterocycles. The fourth-order valence-corrected chi connectivity index (χ4v) is 2.30. The molecule has 0 bridgehead atoms. The summed E-state index contributed by atoms with van der Waals surface area (Å²) in [4.78, 5) is 23.5. The second kappa shape index (κ2) is 7.11. The van der Waals surface area contributed by atoms with Gasteiger partial charge in [0.25, 0.3) is 0 Å². The van der Waals surface area contributed by atoms with Gasteiger partial charge in [0, 0.05) is 6.04 Å². The summed E-state index contributed by atoms with van der Waals surface area (Å²) >= 11 is 0. The molecule has 0 radical (unpaired) electrons. The summed E-state index contributed by atoms with van der Waals surface area (Å²) in [5, 5.41) is 8.16. The lowest BCUT2D eigenvalue weighted by atomic mass is 10.0. The van der Waals surface area contributed by atoms with Gasteiger partial charge in [-0.1, -0.05) is 30.3 Å². The zero-order valence-corrected chi connectivity index (χ0v) is 12.6. The van der Waals surface area contributed by atoms with E-state index < -0.39 is 6.03 Å². The van der Waals surface area contributed by atoms with Gasteiger partial charge in [0.05, 0.1) is 18.8 Å². The molecule has 3 rings (SSSR count). The highest BCUT2D eigenvalue weighted by Gasteiger charge is 2.24. The van der Waals surface area contributed by atoms with Gasteiger partial charge in [0.2, 0.25) is 5.91 Å². The third-order valence-corrected chi connectivity index (χ3v) is 3.59. The van der Waals surface area contributed by atoms with Crippen LogP contribution in [-0.4, -0.2) is 24.5 Å². The highest BCUT2D eigenvalue weighted by Crippen LogP contribution is 2.22. The minimum atomic E-state index is -0.437. The topological polar surface area (TPSA) is 83.4 Å². The molecule has 23 heavy (non-hydrogen) atoms. The van der Waals surface area contributed by atoms with Crippen LogP contribution in [0.25, 0.3) is 0 Å². The molecule has 1 fully saturated rings. The molecule has 6 heteroatoms. The number of benzene rings is 1. The van der Waals surface area contributed by atoms with Crippen LogP contribution in [0.5, 0.6) is 0 Å². The Morgan fingerprint density at radius 1 is 1.13 bits per heavy atom. The summed E-state index contributed by atoms with van der Waals surface area (Å²) in [6.07, 6.45) is 3.55. The maximum absolute atomic E-state index is 11.9. The molecule has 1 saturated carbocycles. The lowest BCUT2D eigenvalue weighted by molar-refractivity contribution is -0.119. The number of carbonyl (C=O) groups is 2. The van der Waals surface area contributed by atoms with Crippen LogP contribution in [0.4, 0.5) is 4.79 Å². The third kappa shape index (κ3) is 4.43. The van der Waals surface area contributed by atoms with Crippen molar-refractivity contribution < 1.29 is 14.0 Å². The molecule has 120 valence electrons. The second-order valence-electron chi connectivity index (χ2n) is 5.54. The smallest absolute Gasteiger partial charge is 0.321 e. The number of amides is 3. The van der Waals surface area contributed by atoms with E-state index in [-0.39, 0.29) is 24.5 Å². The molecule has 3 N–H and O–H groups in total. The SMILES string of the molecule is O=C(CN[C@H](c1ccccc1)c1ccco1)NC(=O)NC1CC1. The van der Waals surface area contributed by atoms with Crippen LogP contribution in [0.1, 0.15) is 30.2 Å². The Hall–Kier alpha value is -2.60. The van der Waals surface area contributed by atoms with E-state index in [1.54, 1.807) is 12.3 Å². The maximum Gasteiger partial charge on any atom is 0.321 e. The van der Waals surface area contributed by atoms with Crippen molar-refractivity contribution in [3.63, 3.8) is 0 Å². The lowest BCUT2D eigenvalue weighted by Gasteiger charge is -2.17. The van der Waals surface area contributed by atoms with Crippen molar-refractivity contribution >= 4 is 11.9 Å². The number of furan rings is 1. The molecule has 1 aromatic carbocycles. The number of rotatable bonds is 6. The van der Waals surface area contributed by atoms with E-state index in [0.717, 1.165) is 18.4 Å². The van der Waals surface area contributed by atoms with Gasteiger partial charge in [-0.25, -0.2) is 4.79 Å². The quantitative estimate of drug-likeness (QED) is 0.761. The van der Waals surface area contributed by atoms with Crippen molar-refractivity contribution in [1.82, 2.24) is 16.0 Å². The van der Waals surface area contributed by atoms with Gasteiger partial charge in [-0.3, -0.25) is 15.4 Å². The van der Waals surface area contributed by atoms with Gasteiger partial charge >= 0.3 is 6.03 Å². The van der Waals surface area contributed by atoms with E-state index in [1.807, 2.05) is 36.4 Å². The fraction of sp³-hybridized carbons (Fsp3) is 0.294. The lowest BCUT2D eigenvalue weighted by Crippen LogP contribution is -2.44. The summed E-state index contributed by atoms with van der Waals surface area (Å²) < 4.78 is 5.45. The monoisotopic (exact) mass is 313 g/mol. The number of imide groups is 1. The first-order valence-corrected chi connectivity index (χ1v) is 7.64. The molecule has 2 aromatic rings. The standard InChI is InChI=1S/C17H19N3O3/c21-15(20-17(22)19-13-8-9-13)11-18-16(14-7-4-10-23-14)12-5-2-1-3-6-12/h1-7,10,13,16,18H,8-9,11H2,(H2,19,20,21,22)/t16-/m1/s1. The summed E-state index contributed by atoms with van der Waals surface area (Å²) in [7, 11) is 0. The van der Waals surface area contributed by atoms with Gasteiger partial charge in [-0.05, 0) is 30.5 Å². The molecule has 0 saturated heterocycles. The van der Waals surface area contributed by atoms with E-state index in [9.17, 15) is 9.59 Å². The molecule has 0 aliphatic heterocycles. The molecule has 1 atom stereocenters. The molecular formula is C17H19N3O3. The highest BCUT2D eigenvalue weighted by molar-refractivity contribution is 5.95. The molecular weight excluding hydrogens is 294 g/mol. The molecule has 1 aliphatic carbocycles. The van der Waals surface area contributed by atoms with Crippen molar-refractivity contribution in [1.29, 1.82) is 0 Å². The predicted molar refractivity (Wildman–Crippen MR) is 84.7 cm³/mol. The van der Waals surface area contributed by atoms with Crippen molar-refractivity contribution in [2.75, 3.05) is 6.54 Å². The molecule has 1 heterocycles. The highest BCUT2D eigenvalue weighted by atomic mass is 16.3. The Morgan fingerprint density at radius 3 is 2.57 bits per heavy atom. The van der Waals surface area contributed by atoms with E-state index in [1.165, 1.54) is 0 Å². The Kier molecular flexibility index (Phi) is 4.73. The minimum Gasteiger partial charge on any atom is -0.467 e. The first-order valence-electron chi connectivity index (χ1n) is 7.64. The van der Waals surface area contributed by atoms with Crippen LogP contribution in [0.3, 0.4) is 0 Å². The van der Waals surface area contributed by atoms with Crippen LogP contribution in [-0.2, 0) is 4.79 Å². The summed E-state index contributed by atoms with van der Waals surface area (Å²) in [6.45, 7) is 0.0122. The van der Waals surface area contributed by atoms with Crippen molar-refractivity contribution in [2.24, 2.45) is 0 Å². The van der Waals surface area contributed by atoms with Gasteiger partial charge in [0.1, 0.15) is 5.76 Å². The number of hydrogen-bond donors (Lipinski definition) is 3. The van der Waals surface area contributed by atoms with Gasteiger partial charge < -0.3 is 9.73 Å². The summed E-state index contributed by atoms with van der Waals surface area (Å²) in [6, 6.07) is 12.9. The van der Waals surface area contributed by atoms with Gasteiger partial charge in [0.15, 0.2) is 0 Å². The summed E-state index contributed by atoms with van der Waals surface area (Å²) in [5.41, 5.74) is 0.984. The largest absolute Gasteiger partial charge is 0.467 e. The predicted octanol–water partition coefficient (Wildman–Crippen LogP) is 1.95. The summed E-state index contributed by atoms with van der Waals surface area (Å²) in [5.74, 6) is 0.335. The van der Waals surface area contributed by atoms with Gasteiger partial charge in [-0.15, -0.1) is 0 Å². The average molecular weight is 313 g/mol. The van der Waals surface area contributed by atoms with E-state index >= 15 is 0 Å². The Morgan fingerprint density at radius 2 is 1.91 bits per heavy atom. The van der Waals surface area contributed by atoms with Crippen LogP contribution < -0.4 is 16.0 Å². The van der Waals surface area contributed by atoms with Crippen LogP contribution in [0, 0.1) is 0 Å². The molecule has 1 aliphatic rings. The Balaban J connectivity index is 1.58. The number of urea groups is 1. The van der Waals surface area contributed by atoms with Crippen molar-refractivity contribution in [2.45, 2.75) is 24.9 Å². The number of nitrogens with one attached hydrogen (secondary N) is 3. The number of carbonyl (C=O) groups excluding carboxylic acids is 2. The van der Waals surface area contributed by atoms with E-state index in [2.05, 4.69) is 16.0 Å². The zero-order valence-electron chi connectivity index (χ0n) is 12.6. The average Bonchev–Trinajstić information content (AvgIpc) is 3.19. The normalized spacial score (nSPS) is 15.0. The Bertz CT molecular complexity index is 651. The minimum absolute atomic E-state index is 0.0122. The first-order chi connectivity index (χ1) is 11.2. The zero-order chi connectivity index (χ0) is 16.1. The van der Waals surface area contributed by atoms with Crippen LogP contribution >= 0.6 is 0 Å². The van der Waals surface area contributed by atoms with Crippen LogP contribution in [0.15, 0.2) is 53.1 Å². The van der Waals surface area contributed by atoms with Crippen LogP contribution in [0.2, 0.25) is 0 Å². The maximum atomic E-state index is 11.9. The van der Waals surface area contributed by atoms with Crippen molar-refractivity contribution in [3.05, 3.63) is 60.1 Å².